The number of hydrogen-bond acceptors (Lipinski definition) is 7. The van der Waals surface area contributed by atoms with Crippen molar-refractivity contribution in [3.8, 4) is 0 Å². The normalized spacial score (nSPS) is 10.4. The second-order valence-electron chi connectivity index (χ2n) is 5.00. The largest absolute Gasteiger partial charge is 0.461 e. The number of rotatable bonds is 6. The minimum absolute atomic E-state index is 0.162. The molecule has 128 valence electrons. The van der Waals surface area contributed by atoms with Crippen molar-refractivity contribution in [2.45, 2.75) is 13.5 Å². The van der Waals surface area contributed by atoms with Crippen LogP contribution in [0.4, 0.5) is 5.13 Å². The van der Waals surface area contributed by atoms with Crippen LogP contribution in [-0.4, -0.2) is 38.5 Å². The third kappa shape index (κ3) is 4.27. The summed E-state index contributed by atoms with van der Waals surface area (Å²) < 4.78 is 6.44. The van der Waals surface area contributed by atoms with Gasteiger partial charge in [0.25, 0.3) is 5.91 Å². The Morgan fingerprint density at radius 2 is 2.04 bits per heavy atom. The van der Waals surface area contributed by atoms with Gasteiger partial charge in [-0.3, -0.25) is 10.1 Å². The third-order valence-corrected chi connectivity index (χ3v) is 3.93. The van der Waals surface area contributed by atoms with Crippen molar-refractivity contribution >= 4 is 28.3 Å². The highest BCUT2D eigenvalue weighted by Gasteiger charge is 2.16. The Balaban J connectivity index is 1.63. The Morgan fingerprint density at radius 1 is 1.24 bits per heavy atom. The van der Waals surface area contributed by atoms with Gasteiger partial charge in [-0.15, -0.1) is 16.4 Å². The summed E-state index contributed by atoms with van der Waals surface area (Å²) in [4.78, 5) is 27.8. The smallest absolute Gasteiger partial charge is 0.357 e. The molecule has 3 rings (SSSR count). The van der Waals surface area contributed by atoms with E-state index in [4.69, 9.17) is 4.74 Å². The van der Waals surface area contributed by atoms with Crippen LogP contribution < -0.4 is 5.32 Å². The summed E-state index contributed by atoms with van der Waals surface area (Å²) in [5.41, 5.74) is 1.39. The van der Waals surface area contributed by atoms with Gasteiger partial charge < -0.3 is 4.74 Å². The van der Waals surface area contributed by atoms with E-state index in [-0.39, 0.29) is 18.0 Å². The van der Waals surface area contributed by atoms with E-state index in [9.17, 15) is 9.59 Å². The number of esters is 1. The fourth-order valence-electron chi connectivity index (χ4n) is 2.04. The molecule has 0 aliphatic carbocycles. The number of anilines is 1. The van der Waals surface area contributed by atoms with Gasteiger partial charge in [-0.25, -0.2) is 14.5 Å². The zero-order chi connectivity index (χ0) is 17.6. The van der Waals surface area contributed by atoms with E-state index < -0.39 is 11.9 Å². The van der Waals surface area contributed by atoms with Crippen molar-refractivity contribution in [2.75, 3.05) is 11.9 Å². The SMILES string of the molecule is CCOC(=O)c1csc(NC(=O)c2cn(Cc3ccccc3)nn2)n1. The second-order valence-corrected chi connectivity index (χ2v) is 5.86. The van der Waals surface area contributed by atoms with E-state index in [2.05, 4.69) is 20.6 Å². The lowest BCUT2D eigenvalue weighted by atomic mass is 10.2. The minimum Gasteiger partial charge on any atom is -0.461 e. The molecule has 0 spiro atoms. The van der Waals surface area contributed by atoms with Gasteiger partial charge in [-0.05, 0) is 12.5 Å². The maximum atomic E-state index is 12.2. The van der Waals surface area contributed by atoms with Gasteiger partial charge in [-0.1, -0.05) is 35.5 Å². The standard InChI is InChI=1S/C16H15N5O3S/c1-2-24-15(23)13-10-25-16(17-13)18-14(22)12-9-21(20-19-12)8-11-6-4-3-5-7-11/h3-7,9-10H,2,8H2,1H3,(H,17,18,22). The van der Waals surface area contributed by atoms with Crippen LogP contribution in [0, 0.1) is 0 Å². The fraction of sp³-hybridized carbons (Fsp3) is 0.188. The van der Waals surface area contributed by atoms with Crippen LogP contribution in [-0.2, 0) is 11.3 Å². The first-order chi connectivity index (χ1) is 12.2. The monoisotopic (exact) mass is 357 g/mol. The van der Waals surface area contributed by atoms with E-state index in [1.54, 1.807) is 17.8 Å². The van der Waals surface area contributed by atoms with Gasteiger partial charge in [0.2, 0.25) is 0 Å². The number of aromatic nitrogens is 4. The molecular formula is C16H15N5O3S. The third-order valence-electron chi connectivity index (χ3n) is 3.17. The van der Waals surface area contributed by atoms with Crippen molar-refractivity contribution in [1.82, 2.24) is 20.0 Å². The average molecular weight is 357 g/mol. The molecule has 0 saturated heterocycles. The summed E-state index contributed by atoms with van der Waals surface area (Å²) in [5.74, 6) is -0.961. The first-order valence-corrected chi connectivity index (χ1v) is 8.41. The Bertz CT molecular complexity index is 875. The Kier molecular flexibility index (Phi) is 5.14. The molecule has 25 heavy (non-hydrogen) atoms. The zero-order valence-electron chi connectivity index (χ0n) is 13.4. The molecular weight excluding hydrogens is 342 g/mol. The van der Waals surface area contributed by atoms with Crippen LogP contribution in [0.3, 0.4) is 0 Å². The second kappa shape index (κ2) is 7.67. The highest BCUT2D eigenvalue weighted by Crippen LogP contribution is 2.17. The molecule has 0 fully saturated rings. The number of nitrogens with one attached hydrogen (secondary N) is 1. The number of ether oxygens (including phenoxy) is 1. The molecule has 0 saturated carbocycles. The molecule has 9 heteroatoms. The van der Waals surface area contributed by atoms with Crippen LogP contribution in [0.25, 0.3) is 0 Å². The summed E-state index contributed by atoms with van der Waals surface area (Å²) in [7, 11) is 0. The highest BCUT2D eigenvalue weighted by atomic mass is 32.1. The van der Waals surface area contributed by atoms with Crippen LogP contribution in [0.1, 0.15) is 33.5 Å². The quantitative estimate of drug-likeness (QED) is 0.679. The fourth-order valence-corrected chi connectivity index (χ4v) is 2.72. The molecule has 0 unspecified atom stereocenters. The first-order valence-electron chi connectivity index (χ1n) is 7.53. The molecule has 0 atom stereocenters. The van der Waals surface area contributed by atoms with Gasteiger partial charge in [0.15, 0.2) is 16.5 Å². The highest BCUT2D eigenvalue weighted by molar-refractivity contribution is 7.14. The Hall–Kier alpha value is -3.07. The lowest BCUT2D eigenvalue weighted by molar-refractivity contribution is 0.0520. The summed E-state index contributed by atoms with van der Waals surface area (Å²) in [5, 5.41) is 12.2. The van der Waals surface area contributed by atoms with E-state index in [1.807, 2.05) is 30.3 Å². The van der Waals surface area contributed by atoms with Crippen molar-refractivity contribution < 1.29 is 14.3 Å². The Labute approximate surface area is 147 Å². The maximum Gasteiger partial charge on any atom is 0.357 e. The average Bonchev–Trinajstić information content (AvgIpc) is 3.26. The molecule has 1 amide bonds. The molecule has 0 radical (unpaired) electrons. The van der Waals surface area contributed by atoms with Gasteiger partial charge in [0.05, 0.1) is 19.3 Å². The first kappa shape index (κ1) is 16.8. The molecule has 2 heterocycles. The predicted octanol–water partition coefficient (Wildman–Crippen LogP) is 2.21. The summed E-state index contributed by atoms with van der Waals surface area (Å²) in [6.45, 7) is 2.50. The topological polar surface area (TPSA) is 99.0 Å². The van der Waals surface area contributed by atoms with Crippen LogP contribution in [0.2, 0.25) is 0 Å². The molecule has 2 aromatic heterocycles. The molecule has 0 aliphatic heterocycles. The van der Waals surface area contributed by atoms with Gasteiger partial charge in [0.1, 0.15) is 0 Å². The number of hydrogen-bond donors (Lipinski definition) is 1. The zero-order valence-corrected chi connectivity index (χ0v) is 14.2. The molecule has 1 N–H and O–H groups in total. The van der Waals surface area contributed by atoms with Gasteiger partial charge >= 0.3 is 5.97 Å². The summed E-state index contributed by atoms with van der Waals surface area (Å²) in [6, 6.07) is 9.73. The number of thiazole rings is 1. The van der Waals surface area contributed by atoms with Crippen molar-refractivity contribution in [3.63, 3.8) is 0 Å². The lowest BCUT2D eigenvalue weighted by Gasteiger charge is -1.99. The summed E-state index contributed by atoms with van der Waals surface area (Å²) in [6.07, 6.45) is 1.56. The number of nitrogens with zero attached hydrogens (tertiary/aromatic N) is 4. The molecule has 0 bridgehead atoms. The predicted molar refractivity (Wildman–Crippen MR) is 91.6 cm³/mol. The number of amides is 1. The van der Waals surface area contributed by atoms with E-state index >= 15 is 0 Å². The van der Waals surface area contributed by atoms with Crippen molar-refractivity contribution in [2.24, 2.45) is 0 Å². The van der Waals surface area contributed by atoms with E-state index in [0.717, 1.165) is 16.9 Å². The molecule has 1 aromatic carbocycles. The molecule has 8 nitrogen and oxygen atoms in total. The number of benzene rings is 1. The van der Waals surface area contributed by atoms with Crippen LogP contribution >= 0.6 is 11.3 Å². The molecule has 3 aromatic rings. The van der Waals surface area contributed by atoms with Crippen LogP contribution in [0.5, 0.6) is 0 Å². The maximum absolute atomic E-state index is 12.2. The lowest BCUT2D eigenvalue weighted by Crippen LogP contribution is -2.13. The minimum atomic E-state index is -0.520. The van der Waals surface area contributed by atoms with Gasteiger partial charge in [-0.2, -0.15) is 0 Å². The van der Waals surface area contributed by atoms with Gasteiger partial charge in [0, 0.05) is 5.38 Å². The van der Waals surface area contributed by atoms with Crippen molar-refractivity contribution in [3.05, 3.63) is 58.9 Å². The van der Waals surface area contributed by atoms with Crippen LogP contribution in [0.15, 0.2) is 41.9 Å². The summed E-state index contributed by atoms with van der Waals surface area (Å²) >= 11 is 1.14. The number of carbonyl (C=O) groups excluding carboxylic acids is 2. The van der Waals surface area contributed by atoms with E-state index in [1.165, 1.54) is 5.38 Å². The Morgan fingerprint density at radius 3 is 2.80 bits per heavy atom. The molecule has 0 aliphatic rings. The van der Waals surface area contributed by atoms with E-state index in [0.29, 0.717) is 11.7 Å². The number of carbonyl (C=O) groups is 2. The van der Waals surface area contributed by atoms with Crippen molar-refractivity contribution in [1.29, 1.82) is 0 Å².